The van der Waals surface area contributed by atoms with Crippen LogP contribution in [0.5, 0.6) is 11.5 Å². The van der Waals surface area contributed by atoms with Crippen LogP contribution in [0.2, 0.25) is 0 Å². The van der Waals surface area contributed by atoms with Gasteiger partial charge in [-0.05, 0) is 61.0 Å². The van der Waals surface area contributed by atoms with Crippen molar-refractivity contribution in [3.63, 3.8) is 0 Å². The Kier molecular flexibility index (Phi) is 5.00. The zero-order valence-electron chi connectivity index (χ0n) is 12.0. The monoisotopic (exact) mass is 323 g/mol. The lowest BCUT2D eigenvalue weighted by atomic mass is 10.1. The van der Waals surface area contributed by atoms with Crippen LogP contribution in [0.4, 0.5) is 13.2 Å². The number of carbonyl (C=O) groups is 1. The van der Waals surface area contributed by atoms with Gasteiger partial charge < -0.3 is 9.57 Å². The largest absolute Gasteiger partial charge is 0.573 e. The SMILES string of the molecule is CC(=NOc1ccc(C=O)cc1)c1ccc(OC(F)(F)F)cc1. The van der Waals surface area contributed by atoms with E-state index in [1.54, 1.807) is 31.2 Å². The molecule has 2 aromatic rings. The molecular formula is C16H12F3NO3. The minimum absolute atomic E-state index is 0.306. The van der Waals surface area contributed by atoms with E-state index < -0.39 is 6.36 Å². The first-order valence-electron chi connectivity index (χ1n) is 6.50. The van der Waals surface area contributed by atoms with Gasteiger partial charge in [-0.3, -0.25) is 4.79 Å². The molecule has 120 valence electrons. The van der Waals surface area contributed by atoms with E-state index in [4.69, 9.17) is 4.84 Å². The molecule has 0 aliphatic heterocycles. The Labute approximate surface area is 130 Å². The molecule has 0 amide bonds. The molecule has 0 aliphatic carbocycles. The second-order valence-corrected chi connectivity index (χ2v) is 4.53. The normalized spacial score (nSPS) is 11.9. The van der Waals surface area contributed by atoms with Crippen molar-refractivity contribution in [3.05, 3.63) is 59.7 Å². The van der Waals surface area contributed by atoms with Crippen molar-refractivity contribution >= 4 is 12.0 Å². The molecule has 0 saturated heterocycles. The number of halogens is 3. The predicted octanol–water partition coefficient (Wildman–Crippen LogP) is 4.20. The third-order valence-electron chi connectivity index (χ3n) is 2.81. The van der Waals surface area contributed by atoms with E-state index in [0.717, 1.165) is 0 Å². The second-order valence-electron chi connectivity index (χ2n) is 4.53. The zero-order valence-corrected chi connectivity index (χ0v) is 12.0. The van der Waals surface area contributed by atoms with Gasteiger partial charge in [0.05, 0.1) is 5.71 Å². The fraction of sp³-hybridized carbons (Fsp3) is 0.125. The van der Waals surface area contributed by atoms with E-state index in [1.807, 2.05) is 0 Å². The van der Waals surface area contributed by atoms with Crippen molar-refractivity contribution in [3.8, 4) is 11.5 Å². The highest BCUT2D eigenvalue weighted by Gasteiger charge is 2.30. The van der Waals surface area contributed by atoms with Gasteiger partial charge in [0, 0.05) is 5.56 Å². The molecule has 2 rings (SSSR count). The van der Waals surface area contributed by atoms with Gasteiger partial charge in [-0.1, -0.05) is 5.16 Å². The molecule has 0 bridgehead atoms. The van der Waals surface area contributed by atoms with E-state index in [9.17, 15) is 18.0 Å². The van der Waals surface area contributed by atoms with Crippen molar-refractivity contribution in [1.82, 2.24) is 0 Å². The zero-order chi connectivity index (χ0) is 16.9. The summed E-state index contributed by atoms with van der Waals surface area (Å²) in [6, 6.07) is 11.6. The van der Waals surface area contributed by atoms with Crippen LogP contribution in [0.15, 0.2) is 53.7 Å². The molecule has 0 N–H and O–H groups in total. The van der Waals surface area contributed by atoms with Gasteiger partial charge in [-0.2, -0.15) is 0 Å². The fourth-order valence-electron chi connectivity index (χ4n) is 1.68. The molecule has 2 aromatic carbocycles. The first kappa shape index (κ1) is 16.5. The lowest BCUT2D eigenvalue weighted by Crippen LogP contribution is -2.17. The molecule has 0 unspecified atom stereocenters. The average Bonchev–Trinajstić information content (AvgIpc) is 2.52. The first-order valence-corrected chi connectivity index (χ1v) is 6.50. The lowest BCUT2D eigenvalue weighted by molar-refractivity contribution is -0.274. The smallest absolute Gasteiger partial charge is 0.406 e. The summed E-state index contributed by atoms with van der Waals surface area (Å²) < 4.78 is 40.0. The standard InChI is InChI=1S/C16H12F3NO3/c1-11(20-23-15-6-2-12(10-21)3-7-15)13-4-8-14(9-5-13)22-16(17,18)19/h2-10H,1H3. The van der Waals surface area contributed by atoms with Gasteiger partial charge in [0.25, 0.3) is 0 Å². The number of oxime groups is 1. The number of hydrogen-bond acceptors (Lipinski definition) is 4. The summed E-state index contributed by atoms with van der Waals surface area (Å²) in [5, 5.41) is 3.89. The number of benzene rings is 2. The predicted molar refractivity (Wildman–Crippen MR) is 77.8 cm³/mol. The maximum atomic E-state index is 12.1. The molecule has 23 heavy (non-hydrogen) atoms. The van der Waals surface area contributed by atoms with Gasteiger partial charge in [0.2, 0.25) is 0 Å². The number of rotatable bonds is 5. The summed E-state index contributed by atoms with van der Waals surface area (Å²) in [6.45, 7) is 1.65. The van der Waals surface area contributed by atoms with E-state index >= 15 is 0 Å². The van der Waals surface area contributed by atoms with E-state index in [2.05, 4.69) is 9.89 Å². The molecule has 4 nitrogen and oxygen atoms in total. The van der Waals surface area contributed by atoms with Gasteiger partial charge in [-0.25, -0.2) is 0 Å². The van der Waals surface area contributed by atoms with Crippen molar-refractivity contribution < 1.29 is 27.5 Å². The second kappa shape index (κ2) is 6.95. The van der Waals surface area contributed by atoms with Crippen LogP contribution in [0.3, 0.4) is 0 Å². The van der Waals surface area contributed by atoms with Crippen LogP contribution < -0.4 is 9.57 Å². The fourth-order valence-corrected chi connectivity index (χ4v) is 1.68. The molecule has 0 radical (unpaired) electrons. The van der Waals surface area contributed by atoms with Crippen LogP contribution in [-0.2, 0) is 0 Å². The van der Waals surface area contributed by atoms with E-state index in [0.29, 0.717) is 28.9 Å². The van der Waals surface area contributed by atoms with Crippen LogP contribution in [-0.4, -0.2) is 18.4 Å². The summed E-state index contributed by atoms with van der Waals surface area (Å²) in [5.41, 5.74) is 1.57. The summed E-state index contributed by atoms with van der Waals surface area (Å²) in [7, 11) is 0. The summed E-state index contributed by atoms with van der Waals surface area (Å²) in [6.07, 6.45) is -4.01. The van der Waals surface area contributed by atoms with Crippen molar-refractivity contribution in [2.45, 2.75) is 13.3 Å². The van der Waals surface area contributed by atoms with Crippen LogP contribution in [0.25, 0.3) is 0 Å². The molecule has 0 aromatic heterocycles. The van der Waals surface area contributed by atoms with Gasteiger partial charge in [0.15, 0.2) is 5.75 Å². The molecular weight excluding hydrogens is 311 g/mol. The quantitative estimate of drug-likeness (QED) is 0.471. The highest BCUT2D eigenvalue weighted by atomic mass is 19.4. The van der Waals surface area contributed by atoms with Crippen molar-refractivity contribution in [1.29, 1.82) is 0 Å². The molecule has 0 aliphatic rings. The maximum Gasteiger partial charge on any atom is 0.573 e. The lowest BCUT2D eigenvalue weighted by Gasteiger charge is -2.09. The topological polar surface area (TPSA) is 47.9 Å². The number of aldehydes is 1. The van der Waals surface area contributed by atoms with Gasteiger partial charge in [-0.15, -0.1) is 13.2 Å². The molecule has 0 heterocycles. The maximum absolute atomic E-state index is 12.1. The molecule has 7 heteroatoms. The Morgan fingerprint density at radius 3 is 2.09 bits per heavy atom. The number of alkyl halides is 3. The number of hydrogen-bond donors (Lipinski definition) is 0. The number of ether oxygens (including phenoxy) is 1. The highest BCUT2D eigenvalue weighted by Crippen LogP contribution is 2.23. The molecule has 0 spiro atoms. The molecule has 0 fully saturated rings. The van der Waals surface area contributed by atoms with E-state index in [1.165, 1.54) is 24.3 Å². The van der Waals surface area contributed by atoms with Crippen molar-refractivity contribution in [2.75, 3.05) is 0 Å². The Morgan fingerprint density at radius 2 is 1.57 bits per heavy atom. The summed E-state index contributed by atoms with van der Waals surface area (Å²) in [4.78, 5) is 15.7. The van der Waals surface area contributed by atoms with Gasteiger partial charge in [0.1, 0.15) is 12.0 Å². The summed E-state index contributed by atoms with van der Waals surface area (Å²) in [5.74, 6) is 0.131. The third-order valence-corrected chi connectivity index (χ3v) is 2.81. The average molecular weight is 323 g/mol. The Bertz CT molecular complexity index is 692. The highest BCUT2D eigenvalue weighted by molar-refractivity contribution is 5.98. The molecule has 0 saturated carbocycles. The first-order chi connectivity index (χ1) is 10.9. The van der Waals surface area contributed by atoms with Crippen LogP contribution in [0, 0.1) is 0 Å². The van der Waals surface area contributed by atoms with Crippen LogP contribution >= 0.6 is 0 Å². The Hall–Kier alpha value is -2.83. The number of nitrogens with zero attached hydrogens (tertiary/aromatic N) is 1. The number of carbonyl (C=O) groups excluding carboxylic acids is 1. The Balaban J connectivity index is 2.03. The third kappa shape index (κ3) is 5.14. The summed E-state index contributed by atoms with van der Waals surface area (Å²) >= 11 is 0. The Morgan fingerprint density at radius 1 is 1.00 bits per heavy atom. The molecule has 0 atom stereocenters. The van der Waals surface area contributed by atoms with Crippen LogP contribution in [0.1, 0.15) is 22.8 Å². The van der Waals surface area contributed by atoms with Crippen molar-refractivity contribution in [2.24, 2.45) is 5.16 Å². The minimum Gasteiger partial charge on any atom is -0.406 e. The van der Waals surface area contributed by atoms with Gasteiger partial charge >= 0.3 is 6.36 Å². The van der Waals surface area contributed by atoms with E-state index in [-0.39, 0.29) is 5.75 Å². The minimum atomic E-state index is -4.72.